The normalized spacial score (nSPS) is 14.1. The first-order valence-electron chi connectivity index (χ1n) is 11.6. The van der Waals surface area contributed by atoms with Gasteiger partial charge in [-0.3, -0.25) is 9.59 Å². The molecule has 36 heavy (non-hydrogen) atoms. The number of rotatable bonds is 7. The van der Waals surface area contributed by atoms with E-state index in [2.05, 4.69) is 10.6 Å². The molecule has 0 spiro atoms. The van der Waals surface area contributed by atoms with Gasteiger partial charge in [0.15, 0.2) is 11.5 Å². The topological polar surface area (TPSA) is 85.9 Å². The van der Waals surface area contributed by atoms with Crippen molar-refractivity contribution in [1.29, 1.82) is 0 Å². The summed E-state index contributed by atoms with van der Waals surface area (Å²) in [7, 11) is 4.67. The number of aryl methyl sites for hydroxylation is 1. The lowest BCUT2D eigenvalue weighted by Gasteiger charge is -2.19. The molecule has 0 heterocycles. The third kappa shape index (κ3) is 4.98. The zero-order valence-electron chi connectivity index (χ0n) is 20.7. The Kier molecular flexibility index (Phi) is 7.43. The molecular formula is C28H29FN2O5. The summed E-state index contributed by atoms with van der Waals surface area (Å²) in [5.74, 6) is 0.982. The van der Waals surface area contributed by atoms with Gasteiger partial charge in [0.25, 0.3) is 0 Å². The molecule has 0 aliphatic heterocycles. The highest BCUT2D eigenvalue weighted by atomic mass is 19.1. The smallest absolute Gasteiger partial charge is 0.217 e. The third-order valence-electron chi connectivity index (χ3n) is 6.31. The minimum Gasteiger partial charge on any atom is -0.493 e. The number of hydrogen-bond donors (Lipinski definition) is 2. The van der Waals surface area contributed by atoms with Crippen molar-refractivity contribution in [2.45, 2.75) is 32.4 Å². The summed E-state index contributed by atoms with van der Waals surface area (Å²) in [5.41, 5.74) is 4.19. The van der Waals surface area contributed by atoms with Crippen molar-refractivity contribution in [3.8, 4) is 28.4 Å². The Bertz CT molecular complexity index is 1340. The number of methoxy groups -OCH3 is 3. The van der Waals surface area contributed by atoms with Crippen molar-refractivity contribution in [3.05, 3.63) is 81.3 Å². The van der Waals surface area contributed by atoms with Crippen LogP contribution in [0.4, 0.5) is 10.1 Å². The molecule has 7 nitrogen and oxygen atoms in total. The molecule has 0 unspecified atom stereocenters. The number of amides is 1. The highest BCUT2D eigenvalue weighted by molar-refractivity contribution is 5.83. The Labute approximate surface area is 209 Å². The molecule has 0 aromatic heterocycles. The first kappa shape index (κ1) is 25.0. The molecule has 0 saturated carbocycles. The second-order valence-electron chi connectivity index (χ2n) is 8.58. The van der Waals surface area contributed by atoms with Gasteiger partial charge in [-0.1, -0.05) is 18.2 Å². The number of carbonyl (C=O) groups is 1. The largest absolute Gasteiger partial charge is 0.493 e. The molecule has 2 N–H and O–H groups in total. The van der Waals surface area contributed by atoms with E-state index in [-0.39, 0.29) is 23.2 Å². The van der Waals surface area contributed by atoms with Crippen LogP contribution in [0.2, 0.25) is 0 Å². The van der Waals surface area contributed by atoms with Crippen LogP contribution in [0.5, 0.6) is 17.2 Å². The van der Waals surface area contributed by atoms with Gasteiger partial charge in [-0.05, 0) is 65.4 Å². The number of nitrogens with one attached hydrogen (secondary N) is 2. The molecule has 0 fully saturated rings. The monoisotopic (exact) mass is 492 g/mol. The Balaban J connectivity index is 1.89. The molecule has 3 aromatic rings. The van der Waals surface area contributed by atoms with Crippen molar-refractivity contribution >= 4 is 11.6 Å². The van der Waals surface area contributed by atoms with E-state index in [0.717, 1.165) is 22.3 Å². The fourth-order valence-corrected chi connectivity index (χ4v) is 4.65. The Morgan fingerprint density at radius 2 is 1.72 bits per heavy atom. The Morgan fingerprint density at radius 3 is 2.36 bits per heavy atom. The van der Waals surface area contributed by atoms with Crippen molar-refractivity contribution < 1.29 is 23.4 Å². The van der Waals surface area contributed by atoms with Crippen LogP contribution in [0, 0.1) is 5.82 Å². The molecule has 1 aliphatic carbocycles. The molecule has 188 valence electrons. The van der Waals surface area contributed by atoms with Crippen LogP contribution in [-0.2, 0) is 17.8 Å². The molecule has 1 aliphatic rings. The predicted molar refractivity (Wildman–Crippen MR) is 136 cm³/mol. The average Bonchev–Trinajstić information content (AvgIpc) is 3.11. The van der Waals surface area contributed by atoms with E-state index in [4.69, 9.17) is 14.2 Å². The molecule has 0 radical (unpaired) electrons. The second-order valence-corrected chi connectivity index (χ2v) is 8.58. The van der Waals surface area contributed by atoms with E-state index < -0.39 is 0 Å². The van der Waals surface area contributed by atoms with Crippen LogP contribution < -0.4 is 30.3 Å². The standard InChI is InChI=1S/C28H29FN2O5/c1-16(32)31-22-11-7-18-13-25(34-2)27(35-3)28(36-4)26(18)20-10-12-23(24(33)14-21(20)22)30-15-17-5-8-19(29)9-6-17/h5-6,8-10,12-14,22H,7,11,15H2,1-4H3,(H,30,33)(H,31,32)/t22-/m1/s1. The first-order valence-corrected chi connectivity index (χ1v) is 11.6. The fraction of sp³-hybridized carbons (Fsp3) is 0.286. The summed E-state index contributed by atoms with van der Waals surface area (Å²) < 4.78 is 30.2. The highest BCUT2D eigenvalue weighted by Gasteiger charge is 2.29. The van der Waals surface area contributed by atoms with Crippen molar-refractivity contribution in [1.82, 2.24) is 5.32 Å². The lowest BCUT2D eigenvalue weighted by Crippen LogP contribution is -2.26. The van der Waals surface area contributed by atoms with Gasteiger partial charge in [0.2, 0.25) is 17.1 Å². The molecule has 1 atom stereocenters. The highest BCUT2D eigenvalue weighted by Crippen LogP contribution is 2.50. The summed E-state index contributed by atoms with van der Waals surface area (Å²) in [6.07, 6.45) is 1.21. The van der Waals surface area contributed by atoms with Gasteiger partial charge < -0.3 is 24.8 Å². The van der Waals surface area contributed by atoms with E-state index in [0.29, 0.717) is 47.9 Å². The van der Waals surface area contributed by atoms with Gasteiger partial charge in [0.1, 0.15) is 5.82 Å². The van der Waals surface area contributed by atoms with Crippen molar-refractivity contribution in [2.24, 2.45) is 0 Å². The van der Waals surface area contributed by atoms with Crippen LogP contribution in [0.1, 0.15) is 36.1 Å². The number of halogens is 1. The summed E-state index contributed by atoms with van der Waals surface area (Å²) in [6, 6.07) is 12.8. The molecule has 8 heteroatoms. The molecule has 3 aromatic carbocycles. The quantitative estimate of drug-likeness (QED) is 0.501. The van der Waals surface area contributed by atoms with E-state index in [9.17, 15) is 14.0 Å². The Hall–Kier alpha value is -4.07. The van der Waals surface area contributed by atoms with E-state index in [1.807, 2.05) is 12.1 Å². The maximum Gasteiger partial charge on any atom is 0.217 e. The number of hydrogen-bond acceptors (Lipinski definition) is 6. The number of fused-ring (bicyclic) bond motifs is 3. The van der Waals surface area contributed by atoms with Crippen LogP contribution in [-0.4, -0.2) is 27.2 Å². The Morgan fingerprint density at radius 1 is 1.00 bits per heavy atom. The van der Waals surface area contributed by atoms with Crippen LogP contribution in [0.3, 0.4) is 0 Å². The van der Waals surface area contributed by atoms with Crippen LogP contribution in [0.15, 0.2) is 53.3 Å². The lowest BCUT2D eigenvalue weighted by atomic mass is 9.95. The maximum absolute atomic E-state index is 13.3. The minimum atomic E-state index is -0.378. The second kappa shape index (κ2) is 10.7. The molecule has 0 saturated heterocycles. The van der Waals surface area contributed by atoms with Gasteiger partial charge in [0.05, 0.1) is 33.1 Å². The van der Waals surface area contributed by atoms with Gasteiger partial charge in [-0.15, -0.1) is 0 Å². The SMILES string of the molecule is COc1cc2c(c(OC)c1OC)-c1ccc(NCc3ccc(F)cc3)c(=O)cc1[C@H](NC(C)=O)CC2. The van der Waals surface area contributed by atoms with Gasteiger partial charge in [-0.25, -0.2) is 4.39 Å². The third-order valence-corrected chi connectivity index (χ3v) is 6.31. The number of benzene rings is 2. The van der Waals surface area contributed by atoms with Gasteiger partial charge in [-0.2, -0.15) is 0 Å². The van der Waals surface area contributed by atoms with Gasteiger partial charge >= 0.3 is 0 Å². The average molecular weight is 493 g/mol. The van der Waals surface area contributed by atoms with Crippen LogP contribution in [0.25, 0.3) is 11.1 Å². The fourth-order valence-electron chi connectivity index (χ4n) is 4.65. The summed E-state index contributed by atoms with van der Waals surface area (Å²) in [6.45, 7) is 1.81. The zero-order chi connectivity index (χ0) is 25.8. The maximum atomic E-state index is 13.3. The van der Waals surface area contributed by atoms with Crippen molar-refractivity contribution in [3.63, 3.8) is 0 Å². The molecule has 0 bridgehead atoms. The molecule has 4 rings (SSSR count). The lowest BCUT2D eigenvalue weighted by molar-refractivity contribution is -0.119. The van der Waals surface area contributed by atoms with E-state index in [1.165, 1.54) is 19.1 Å². The number of carbonyl (C=O) groups excluding carboxylic acids is 1. The first-order chi connectivity index (χ1) is 17.4. The molecule has 1 amide bonds. The number of ether oxygens (including phenoxy) is 3. The minimum absolute atomic E-state index is 0.187. The summed E-state index contributed by atoms with van der Waals surface area (Å²) in [4.78, 5) is 25.3. The predicted octanol–water partition coefficient (Wildman–Crippen LogP) is 4.61. The summed E-state index contributed by atoms with van der Waals surface area (Å²) >= 11 is 0. The van der Waals surface area contributed by atoms with Crippen molar-refractivity contribution in [2.75, 3.05) is 26.6 Å². The van der Waals surface area contributed by atoms with E-state index in [1.54, 1.807) is 45.6 Å². The van der Waals surface area contributed by atoms with E-state index >= 15 is 0 Å². The summed E-state index contributed by atoms with van der Waals surface area (Å²) in [5, 5.41) is 6.15. The molecular weight excluding hydrogens is 463 g/mol. The van der Waals surface area contributed by atoms with Gasteiger partial charge in [0, 0.05) is 19.0 Å². The number of anilines is 1. The zero-order valence-corrected chi connectivity index (χ0v) is 20.7. The van der Waals surface area contributed by atoms with Crippen LogP contribution >= 0.6 is 0 Å².